The van der Waals surface area contributed by atoms with E-state index in [9.17, 15) is 4.79 Å². The van der Waals surface area contributed by atoms with Crippen LogP contribution in [-0.4, -0.2) is 17.0 Å². The third-order valence-corrected chi connectivity index (χ3v) is 3.29. The van der Waals surface area contributed by atoms with Gasteiger partial charge in [0.15, 0.2) is 5.84 Å². The van der Waals surface area contributed by atoms with E-state index in [0.29, 0.717) is 6.54 Å². The molecule has 0 aliphatic carbocycles. The SMILES string of the molecule is CC(C(=O)NCc1cccc2ccccc12)C(N)=NO. The summed E-state index contributed by atoms with van der Waals surface area (Å²) < 4.78 is 0. The molecular formula is C15H17N3O2. The van der Waals surface area contributed by atoms with E-state index in [1.165, 1.54) is 0 Å². The summed E-state index contributed by atoms with van der Waals surface area (Å²) in [5.74, 6) is -1.02. The van der Waals surface area contributed by atoms with Crippen LogP contribution in [0.1, 0.15) is 12.5 Å². The number of amides is 1. The molecule has 20 heavy (non-hydrogen) atoms. The first-order valence-corrected chi connectivity index (χ1v) is 6.35. The van der Waals surface area contributed by atoms with Crippen molar-refractivity contribution in [3.8, 4) is 0 Å². The van der Waals surface area contributed by atoms with Crippen molar-refractivity contribution in [2.75, 3.05) is 0 Å². The number of carbonyl (C=O) groups is 1. The maximum Gasteiger partial charge on any atom is 0.230 e. The van der Waals surface area contributed by atoms with E-state index in [2.05, 4.69) is 10.5 Å². The third kappa shape index (κ3) is 2.88. The fourth-order valence-corrected chi connectivity index (χ4v) is 2.00. The molecule has 0 saturated carbocycles. The van der Waals surface area contributed by atoms with Crippen molar-refractivity contribution < 1.29 is 10.0 Å². The van der Waals surface area contributed by atoms with Crippen molar-refractivity contribution in [2.24, 2.45) is 16.8 Å². The Morgan fingerprint density at radius 3 is 2.75 bits per heavy atom. The molecule has 0 aromatic heterocycles. The fraction of sp³-hybridized carbons (Fsp3) is 0.200. The lowest BCUT2D eigenvalue weighted by molar-refractivity contribution is -0.122. The highest BCUT2D eigenvalue weighted by Gasteiger charge is 2.17. The number of carbonyl (C=O) groups excluding carboxylic acids is 1. The molecule has 0 saturated heterocycles. The highest BCUT2D eigenvalue weighted by Crippen LogP contribution is 2.18. The normalized spacial score (nSPS) is 13.2. The van der Waals surface area contributed by atoms with Crippen LogP contribution in [0.3, 0.4) is 0 Å². The Labute approximate surface area is 117 Å². The topological polar surface area (TPSA) is 87.7 Å². The van der Waals surface area contributed by atoms with Gasteiger partial charge in [-0.2, -0.15) is 0 Å². The molecule has 0 spiro atoms. The van der Waals surface area contributed by atoms with Crippen molar-refractivity contribution in [3.05, 3.63) is 48.0 Å². The van der Waals surface area contributed by atoms with E-state index >= 15 is 0 Å². The van der Waals surface area contributed by atoms with Gasteiger partial charge in [-0.25, -0.2) is 0 Å². The Morgan fingerprint density at radius 1 is 1.30 bits per heavy atom. The van der Waals surface area contributed by atoms with Crippen molar-refractivity contribution in [3.63, 3.8) is 0 Å². The molecule has 0 heterocycles. The molecule has 1 amide bonds. The largest absolute Gasteiger partial charge is 0.409 e. The van der Waals surface area contributed by atoms with Crippen LogP contribution >= 0.6 is 0 Å². The summed E-state index contributed by atoms with van der Waals surface area (Å²) in [5.41, 5.74) is 6.45. The van der Waals surface area contributed by atoms with E-state index in [0.717, 1.165) is 16.3 Å². The van der Waals surface area contributed by atoms with Crippen molar-refractivity contribution in [1.29, 1.82) is 0 Å². The van der Waals surface area contributed by atoms with Crippen LogP contribution in [-0.2, 0) is 11.3 Å². The minimum atomic E-state index is -0.657. The highest BCUT2D eigenvalue weighted by atomic mass is 16.4. The van der Waals surface area contributed by atoms with Crippen LogP contribution in [0.5, 0.6) is 0 Å². The Bertz CT molecular complexity index is 647. The van der Waals surface area contributed by atoms with E-state index in [4.69, 9.17) is 10.9 Å². The molecule has 0 aliphatic heterocycles. The molecule has 5 nitrogen and oxygen atoms in total. The predicted octanol–water partition coefficient (Wildman–Crippen LogP) is 1.84. The molecule has 1 unspecified atom stereocenters. The first-order valence-electron chi connectivity index (χ1n) is 6.35. The van der Waals surface area contributed by atoms with Gasteiger partial charge in [0.1, 0.15) is 0 Å². The second-order valence-corrected chi connectivity index (χ2v) is 4.60. The van der Waals surface area contributed by atoms with Gasteiger partial charge in [0.25, 0.3) is 0 Å². The van der Waals surface area contributed by atoms with Crippen LogP contribution in [0, 0.1) is 5.92 Å². The first-order chi connectivity index (χ1) is 9.63. The molecule has 2 aromatic rings. The van der Waals surface area contributed by atoms with Gasteiger partial charge in [-0.3, -0.25) is 4.79 Å². The third-order valence-electron chi connectivity index (χ3n) is 3.29. The lowest BCUT2D eigenvalue weighted by atomic mass is 10.0. The van der Waals surface area contributed by atoms with Crippen LogP contribution < -0.4 is 11.1 Å². The maximum atomic E-state index is 11.9. The van der Waals surface area contributed by atoms with Gasteiger partial charge in [-0.05, 0) is 23.3 Å². The van der Waals surface area contributed by atoms with Crippen LogP contribution in [0.4, 0.5) is 0 Å². The summed E-state index contributed by atoms with van der Waals surface area (Å²) in [6.07, 6.45) is 0. The molecule has 104 valence electrons. The van der Waals surface area contributed by atoms with Crippen molar-refractivity contribution >= 4 is 22.5 Å². The summed E-state index contributed by atoms with van der Waals surface area (Å²) >= 11 is 0. The van der Waals surface area contributed by atoms with Crippen LogP contribution in [0.2, 0.25) is 0 Å². The number of amidine groups is 1. The van der Waals surface area contributed by atoms with Gasteiger partial charge in [0, 0.05) is 6.54 Å². The van der Waals surface area contributed by atoms with Crippen molar-refractivity contribution in [1.82, 2.24) is 5.32 Å². The molecule has 5 heteroatoms. The highest BCUT2D eigenvalue weighted by molar-refractivity contribution is 6.01. The van der Waals surface area contributed by atoms with Crippen LogP contribution in [0.15, 0.2) is 47.6 Å². The average molecular weight is 271 g/mol. The van der Waals surface area contributed by atoms with Gasteiger partial charge in [-0.1, -0.05) is 47.6 Å². The number of oxime groups is 1. The Morgan fingerprint density at radius 2 is 2.00 bits per heavy atom. The number of nitrogens with zero attached hydrogens (tertiary/aromatic N) is 1. The molecule has 1 atom stereocenters. The maximum absolute atomic E-state index is 11.9. The standard InChI is InChI=1S/C15H17N3O2/c1-10(14(16)18-20)15(19)17-9-12-7-4-6-11-5-2-3-8-13(11)12/h2-8,10,20H,9H2,1H3,(H2,16,18)(H,17,19). The second-order valence-electron chi connectivity index (χ2n) is 4.60. The fourth-order valence-electron chi connectivity index (χ4n) is 2.00. The number of benzene rings is 2. The molecule has 4 N–H and O–H groups in total. The molecule has 2 rings (SSSR count). The van der Waals surface area contributed by atoms with E-state index in [-0.39, 0.29) is 11.7 Å². The quantitative estimate of drug-likeness (QED) is 0.343. The van der Waals surface area contributed by atoms with E-state index in [1.54, 1.807) is 6.92 Å². The molecule has 0 radical (unpaired) electrons. The summed E-state index contributed by atoms with van der Waals surface area (Å²) in [6.45, 7) is 2.00. The molecule has 0 aliphatic rings. The smallest absolute Gasteiger partial charge is 0.230 e. The van der Waals surface area contributed by atoms with Crippen LogP contribution in [0.25, 0.3) is 10.8 Å². The minimum absolute atomic E-state index is 0.0968. The zero-order valence-corrected chi connectivity index (χ0v) is 11.2. The summed E-state index contributed by atoms with van der Waals surface area (Å²) in [5, 5.41) is 16.4. The van der Waals surface area contributed by atoms with E-state index < -0.39 is 5.92 Å². The first kappa shape index (κ1) is 13.9. The predicted molar refractivity (Wildman–Crippen MR) is 78.4 cm³/mol. The number of nitrogens with one attached hydrogen (secondary N) is 1. The Kier molecular flexibility index (Phi) is 4.20. The number of nitrogens with two attached hydrogens (primary N) is 1. The van der Waals surface area contributed by atoms with E-state index in [1.807, 2.05) is 42.5 Å². The zero-order chi connectivity index (χ0) is 14.5. The number of fused-ring (bicyclic) bond motifs is 1. The Hall–Kier alpha value is -2.56. The zero-order valence-electron chi connectivity index (χ0n) is 11.2. The average Bonchev–Trinajstić information content (AvgIpc) is 2.50. The second kappa shape index (κ2) is 6.06. The summed E-state index contributed by atoms with van der Waals surface area (Å²) in [7, 11) is 0. The number of hydrogen-bond acceptors (Lipinski definition) is 3. The number of rotatable bonds is 4. The molecule has 0 fully saturated rings. The molecular weight excluding hydrogens is 254 g/mol. The number of hydrogen-bond donors (Lipinski definition) is 3. The van der Waals surface area contributed by atoms with Gasteiger partial charge < -0.3 is 16.3 Å². The summed E-state index contributed by atoms with van der Waals surface area (Å²) in [6, 6.07) is 13.9. The van der Waals surface area contributed by atoms with Gasteiger partial charge >= 0.3 is 0 Å². The van der Waals surface area contributed by atoms with Gasteiger partial charge in [-0.15, -0.1) is 0 Å². The van der Waals surface area contributed by atoms with Gasteiger partial charge in [0.2, 0.25) is 5.91 Å². The Balaban J connectivity index is 2.12. The lowest BCUT2D eigenvalue weighted by Crippen LogP contribution is -2.36. The summed E-state index contributed by atoms with van der Waals surface area (Å²) in [4.78, 5) is 11.9. The monoisotopic (exact) mass is 271 g/mol. The van der Waals surface area contributed by atoms with Gasteiger partial charge in [0.05, 0.1) is 5.92 Å². The minimum Gasteiger partial charge on any atom is -0.409 e. The lowest BCUT2D eigenvalue weighted by Gasteiger charge is -2.12. The molecule has 0 bridgehead atoms. The van der Waals surface area contributed by atoms with Crippen molar-refractivity contribution in [2.45, 2.75) is 13.5 Å². The molecule has 2 aromatic carbocycles.